The van der Waals surface area contributed by atoms with Crippen molar-refractivity contribution in [2.24, 2.45) is 0 Å². The maximum absolute atomic E-state index is 13.7. The highest BCUT2D eigenvalue weighted by atomic mass is 32.2. The quantitative estimate of drug-likeness (QED) is 0.948. The zero-order valence-electron chi connectivity index (χ0n) is 11.6. The van der Waals surface area contributed by atoms with Crippen molar-refractivity contribution in [3.8, 4) is 0 Å². The Bertz CT molecular complexity index is 800. The van der Waals surface area contributed by atoms with E-state index in [1.807, 2.05) is 0 Å². The number of amides is 1. The van der Waals surface area contributed by atoms with Crippen molar-refractivity contribution >= 4 is 21.4 Å². The molecule has 0 aromatic heterocycles. The van der Waals surface area contributed by atoms with Crippen LogP contribution in [0.5, 0.6) is 0 Å². The molecule has 0 radical (unpaired) electrons. The molecule has 4 nitrogen and oxygen atoms in total. The lowest BCUT2D eigenvalue weighted by Gasteiger charge is -2.08. The van der Waals surface area contributed by atoms with Crippen molar-refractivity contribution in [2.45, 2.75) is 11.8 Å². The van der Waals surface area contributed by atoms with Gasteiger partial charge >= 0.3 is 0 Å². The molecule has 6 heteroatoms. The summed E-state index contributed by atoms with van der Waals surface area (Å²) < 4.78 is 36.6. The lowest BCUT2D eigenvalue weighted by Crippen LogP contribution is -2.13. The monoisotopic (exact) mass is 307 g/mol. The summed E-state index contributed by atoms with van der Waals surface area (Å²) in [7, 11) is -3.40. The average molecular weight is 307 g/mol. The highest BCUT2D eigenvalue weighted by Crippen LogP contribution is 2.17. The average Bonchev–Trinajstić information content (AvgIpc) is 2.41. The highest BCUT2D eigenvalue weighted by molar-refractivity contribution is 7.90. The number of anilines is 1. The van der Waals surface area contributed by atoms with Crippen LogP contribution in [0.4, 0.5) is 10.1 Å². The molecule has 0 aliphatic carbocycles. The molecular formula is C15H14FNO3S. The number of carbonyl (C=O) groups is 1. The van der Waals surface area contributed by atoms with Crippen LogP contribution in [0.3, 0.4) is 0 Å². The number of aryl methyl sites for hydroxylation is 1. The number of benzene rings is 2. The van der Waals surface area contributed by atoms with Gasteiger partial charge in [-0.05, 0) is 42.8 Å². The fraction of sp³-hybridized carbons (Fsp3) is 0.133. The second kappa shape index (κ2) is 5.65. The van der Waals surface area contributed by atoms with E-state index in [1.54, 1.807) is 13.0 Å². The van der Waals surface area contributed by atoms with Crippen molar-refractivity contribution in [3.63, 3.8) is 0 Å². The SMILES string of the molecule is Cc1ccc(NC(=O)c2cccc(S(C)(=O)=O)c2)c(F)c1. The van der Waals surface area contributed by atoms with Gasteiger partial charge < -0.3 is 5.32 Å². The lowest BCUT2D eigenvalue weighted by atomic mass is 10.2. The van der Waals surface area contributed by atoms with E-state index in [9.17, 15) is 17.6 Å². The van der Waals surface area contributed by atoms with Gasteiger partial charge in [0.15, 0.2) is 9.84 Å². The minimum Gasteiger partial charge on any atom is -0.319 e. The Morgan fingerprint density at radius 2 is 1.86 bits per heavy atom. The summed E-state index contributed by atoms with van der Waals surface area (Å²) in [6.07, 6.45) is 1.06. The molecule has 0 saturated carbocycles. The number of hydrogen-bond acceptors (Lipinski definition) is 3. The zero-order valence-corrected chi connectivity index (χ0v) is 12.4. The third-order valence-corrected chi connectivity index (χ3v) is 4.01. The summed E-state index contributed by atoms with van der Waals surface area (Å²) in [6.45, 7) is 1.74. The first-order valence-corrected chi connectivity index (χ1v) is 8.04. The molecule has 0 spiro atoms. The topological polar surface area (TPSA) is 63.2 Å². The summed E-state index contributed by atoms with van der Waals surface area (Å²) in [5, 5.41) is 2.42. The first-order valence-electron chi connectivity index (χ1n) is 6.15. The van der Waals surface area contributed by atoms with E-state index in [2.05, 4.69) is 5.32 Å². The van der Waals surface area contributed by atoms with Crippen LogP contribution in [0, 0.1) is 12.7 Å². The number of nitrogens with one attached hydrogen (secondary N) is 1. The van der Waals surface area contributed by atoms with Crippen molar-refractivity contribution in [1.82, 2.24) is 0 Å². The number of sulfone groups is 1. The van der Waals surface area contributed by atoms with Gasteiger partial charge in [0.1, 0.15) is 5.82 Å². The second-order valence-electron chi connectivity index (χ2n) is 4.74. The summed E-state index contributed by atoms with van der Waals surface area (Å²) in [6, 6.07) is 10.0. The second-order valence-corrected chi connectivity index (χ2v) is 6.75. The first kappa shape index (κ1) is 15.2. The summed E-state index contributed by atoms with van der Waals surface area (Å²) in [5.41, 5.74) is 0.942. The Kier molecular flexibility index (Phi) is 4.09. The van der Waals surface area contributed by atoms with Gasteiger partial charge in [-0.3, -0.25) is 4.79 Å². The predicted molar refractivity (Wildman–Crippen MR) is 78.6 cm³/mol. The van der Waals surface area contributed by atoms with Crippen LogP contribution < -0.4 is 5.32 Å². The van der Waals surface area contributed by atoms with Gasteiger partial charge in [0.25, 0.3) is 5.91 Å². The minimum absolute atomic E-state index is 0.0412. The van der Waals surface area contributed by atoms with Gasteiger partial charge in [0, 0.05) is 11.8 Å². The van der Waals surface area contributed by atoms with Gasteiger partial charge in [-0.15, -0.1) is 0 Å². The van der Waals surface area contributed by atoms with E-state index in [1.165, 1.54) is 36.4 Å². The zero-order chi connectivity index (χ0) is 15.6. The van der Waals surface area contributed by atoms with Crippen LogP contribution in [-0.4, -0.2) is 20.6 Å². The van der Waals surface area contributed by atoms with Gasteiger partial charge in [-0.25, -0.2) is 12.8 Å². The van der Waals surface area contributed by atoms with E-state index >= 15 is 0 Å². The first-order chi connectivity index (χ1) is 9.77. The Labute approximate surface area is 122 Å². The van der Waals surface area contributed by atoms with E-state index < -0.39 is 21.6 Å². The molecule has 0 bridgehead atoms. The highest BCUT2D eigenvalue weighted by Gasteiger charge is 2.13. The molecule has 1 N–H and O–H groups in total. The van der Waals surface area contributed by atoms with Crippen LogP contribution in [-0.2, 0) is 9.84 Å². The molecule has 0 heterocycles. The maximum Gasteiger partial charge on any atom is 0.255 e. The standard InChI is InChI=1S/C15H14FNO3S/c1-10-6-7-14(13(16)8-10)17-15(18)11-4-3-5-12(9-11)21(2,19)20/h3-9H,1-2H3,(H,17,18). The minimum atomic E-state index is -3.40. The van der Waals surface area contributed by atoms with Crippen molar-refractivity contribution < 1.29 is 17.6 Å². The molecule has 0 saturated heterocycles. The Balaban J connectivity index is 2.29. The largest absolute Gasteiger partial charge is 0.319 e. The van der Waals surface area contributed by atoms with Crippen LogP contribution >= 0.6 is 0 Å². The number of rotatable bonds is 3. The number of halogens is 1. The summed E-state index contributed by atoms with van der Waals surface area (Å²) in [4.78, 5) is 12.1. The lowest BCUT2D eigenvalue weighted by molar-refractivity contribution is 0.102. The molecule has 0 unspecified atom stereocenters. The normalized spacial score (nSPS) is 11.2. The summed E-state index contributed by atoms with van der Waals surface area (Å²) in [5.74, 6) is -1.11. The molecule has 2 aromatic carbocycles. The van der Waals surface area contributed by atoms with E-state index in [4.69, 9.17) is 0 Å². The molecule has 0 aliphatic rings. The Morgan fingerprint density at radius 3 is 2.48 bits per heavy atom. The molecule has 0 atom stereocenters. The van der Waals surface area contributed by atoms with Crippen LogP contribution in [0.2, 0.25) is 0 Å². The molecule has 2 rings (SSSR count). The fourth-order valence-corrected chi connectivity index (χ4v) is 2.45. The van der Waals surface area contributed by atoms with Gasteiger partial charge in [0.05, 0.1) is 10.6 Å². The third kappa shape index (κ3) is 3.66. The van der Waals surface area contributed by atoms with Crippen molar-refractivity contribution in [3.05, 3.63) is 59.4 Å². The predicted octanol–water partition coefficient (Wildman–Crippen LogP) is 2.79. The maximum atomic E-state index is 13.7. The molecule has 2 aromatic rings. The van der Waals surface area contributed by atoms with Gasteiger partial charge in [0.2, 0.25) is 0 Å². The number of carbonyl (C=O) groups excluding carboxylic acids is 1. The van der Waals surface area contributed by atoms with Crippen LogP contribution in [0.1, 0.15) is 15.9 Å². The molecule has 1 amide bonds. The van der Waals surface area contributed by atoms with Gasteiger partial charge in [-0.1, -0.05) is 12.1 Å². The van der Waals surface area contributed by atoms with Gasteiger partial charge in [-0.2, -0.15) is 0 Å². The fourth-order valence-electron chi connectivity index (χ4n) is 1.78. The molecular weight excluding hydrogens is 293 g/mol. The number of hydrogen-bond donors (Lipinski definition) is 1. The van der Waals surface area contributed by atoms with E-state index in [0.717, 1.165) is 11.8 Å². The molecule has 0 aliphatic heterocycles. The Hall–Kier alpha value is -2.21. The third-order valence-electron chi connectivity index (χ3n) is 2.90. The van der Waals surface area contributed by atoms with Crippen LogP contribution in [0.15, 0.2) is 47.4 Å². The van der Waals surface area contributed by atoms with Crippen molar-refractivity contribution in [1.29, 1.82) is 0 Å². The smallest absolute Gasteiger partial charge is 0.255 e. The molecule has 21 heavy (non-hydrogen) atoms. The molecule has 0 fully saturated rings. The Morgan fingerprint density at radius 1 is 1.14 bits per heavy atom. The van der Waals surface area contributed by atoms with E-state index in [0.29, 0.717) is 0 Å². The van der Waals surface area contributed by atoms with Crippen molar-refractivity contribution in [2.75, 3.05) is 11.6 Å². The van der Waals surface area contributed by atoms with E-state index in [-0.39, 0.29) is 16.1 Å². The van der Waals surface area contributed by atoms with Crippen LogP contribution in [0.25, 0.3) is 0 Å². The molecule has 110 valence electrons. The summed E-state index contributed by atoms with van der Waals surface area (Å²) >= 11 is 0.